The molecule has 0 saturated carbocycles. The number of hydrogen-bond donors (Lipinski definition) is 0. The van der Waals surface area contributed by atoms with Crippen LogP contribution in [0.4, 0.5) is 4.79 Å². The van der Waals surface area contributed by atoms with Gasteiger partial charge < -0.3 is 9.47 Å². The minimum absolute atomic E-state index is 0.141. The van der Waals surface area contributed by atoms with Crippen LogP contribution in [0.3, 0.4) is 0 Å². The van der Waals surface area contributed by atoms with Crippen molar-refractivity contribution in [2.75, 3.05) is 5.75 Å². The number of carbonyl (C=O) groups excluding carboxylic acids is 2. The summed E-state index contributed by atoms with van der Waals surface area (Å²) in [5.41, 5.74) is 0.906. The predicted octanol–water partition coefficient (Wildman–Crippen LogP) is 4.21. The maximum atomic E-state index is 11.7. The Morgan fingerprint density at radius 3 is 2.90 bits per heavy atom. The van der Waals surface area contributed by atoms with E-state index in [1.165, 1.54) is 0 Å². The largest absolute Gasteiger partial charge is 0.457 e. The van der Waals surface area contributed by atoms with E-state index in [1.807, 2.05) is 12.1 Å². The van der Waals surface area contributed by atoms with E-state index in [2.05, 4.69) is 6.58 Å². The predicted molar refractivity (Wildman–Crippen MR) is 83.6 cm³/mol. The number of hydrogen-bond acceptors (Lipinski definition) is 5. The van der Waals surface area contributed by atoms with Crippen molar-refractivity contribution in [1.82, 2.24) is 0 Å². The summed E-state index contributed by atoms with van der Waals surface area (Å²) in [6.45, 7) is 5.52. The molecule has 0 unspecified atom stereocenters. The van der Waals surface area contributed by atoms with Crippen LogP contribution in [0.5, 0.6) is 11.5 Å². The van der Waals surface area contributed by atoms with Gasteiger partial charge in [0.25, 0.3) is 0 Å². The van der Waals surface area contributed by atoms with Crippen LogP contribution in [0.25, 0.3) is 6.08 Å². The molecule has 0 spiro atoms. The van der Waals surface area contributed by atoms with Crippen LogP contribution >= 0.6 is 11.8 Å². The highest BCUT2D eigenvalue weighted by molar-refractivity contribution is 8.13. The normalized spacial score (nSPS) is 12.5. The molecule has 0 bridgehead atoms. The average Bonchev–Trinajstić information content (AvgIpc) is 2.46. The Bertz CT molecular complexity index is 604. The molecule has 1 aromatic carbocycles. The third-order valence-corrected chi connectivity index (χ3v) is 3.60. The van der Waals surface area contributed by atoms with Gasteiger partial charge in [0.15, 0.2) is 0 Å². The van der Waals surface area contributed by atoms with Gasteiger partial charge in [-0.1, -0.05) is 13.5 Å². The fourth-order valence-corrected chi connectivity index (χ4v) is 2.36. The first kappa shape index (κ1) is 15.4. The molecule has 2 rings (SSSR count). The van der Waals surface area contributed by atoms with Crippen molar-refractivity contribution in [1.29, 1.82) is 0 Å². The van der Waals surface area contributed by atoms with Gasteiger partial charge in [-0.25, -0.2) is 4.79 Å². The van der Waals surface area contributed by atoms with Gasteiger partial charge in [0.1, 0.15) is 23.0 Å². The summed E-state index contributed by atoms with van der Waals surface area (Å²) in [4.78, 5) is 22.8. The van der Waals surface area contributed by atoms with E-state index in [9.17, 15) is 9.59 Å². The van der Waals surface area contributed by atoms with Crippen LogP contribution in [0, 0.1) is 0 Å². The van der Waals surface area contributed by atoms with Crippen LogP contribution in [-0.2, 0) is 4.79 Å². The molecular weight excluding hydrogens is 288 g/mol. The summed E-state index contributed by atoms with van der Waals surface area (Å²) in [6.07, 6.45) is 4.54. The molecule has 0 amide bonds. The molecule has 1 heterocycles. The first-order chi connectivity index (χ1) is 10.1. The molecule has 0 aromatic heterocycles. The van der Waals surface area contributed by atoms with Gasteiger partial charge in [-0.2, -0.15) is 0 Å². The van der Waals surface area contributed by atoms with Crippen molar-refractivity contribution in [2.45, 2.75) is 19.8 Å². The molecule has 5 heteroatoms. The van der Waals surface area contributed by atoms with Crippen molar-refractivity contribution in [2.24, 2.45) is 0 Å². The van der Waals surface area contributed by atoms with Crippen LogP contribution in [0.1, 0.15) is 25.3 Å². The number of allylic oxidation sites excluding steroid dienone is 1. The third kappa shape index (κ3) is 4.49. The molecular formula is C16H16O4S. The minimum Gasteiger partial charge on any atom is -0.457 e. The summed E-state index contributed by atoms with van der Waals surface area (Å²) in [5, 5.41) is -0.427. The first-order valence-electron chi connectivity index (χ1n) is 6.63. The Morgan fingerprint density at radius 2 is 2.14 bits per heavy atom. The molecule has 0 saturated heterocycles. The third-order valence-electron chi connectivity index (χ3n) is 2.87. The Morgan fingerprint density at radius 1 is 1.33 bits per heavy atom. The van der Waals surface area contributed by atoms with Gasteiger partial charge in [0, 0.05) is 30.2 Å². The zero-order chi connectivity index (χ0) is 15.2. The molecule has 1 aliphatic heterocycles. The van der Waals surface area contributed by atoms with E-state index in [-0.39, 0.29) is 5.78 Å². The second-order valence-corrected chi connectivity index (χ2v) is 5.47. The quantitative estimate of drug-likeness (QED) is 0.763. The van der Waals surface area contributed by atoms with Gasteiger partial charge in [0.05, 0.1) is 0 Å². The van der Waals surface area contributed by atoms with Crippen molar-refractivity contribution < 1.29 is 19.1 Å². The van der Waals surface area contributed by atoms with Gasteiger partial charge in [0.2, 0.25) is 0 Å². The van der Waals surface area contributed by atoms with Crippen LogP contribution in [-0.4, -0.2) is 16.8 Å². The van der Waals surface area contributed by atoms with Crippen molar-refractivity contribution in [3.05, 3.63) is 42.2 Å². The van der Waals surface area contributed by atoms with Crippen molar-refractivity contribution in [3.8, 4) is 11.5 Å². The number of benzene rings is 1. The SMILES string of the molecule is C=C1C=Cc2ccc(OC(=O)SCCC(=O)CC)cc2O1. The van der Waals surface area contributed by atoms with Gasteiger partial charge >= 0.3 is 5.30 Å². The lowest BCUT2D eigenvalue weighted by Gasteiger charge is -2.14. The molecule has 1 aromatic rings. The fourth-order valence-electron chi connectivity index (χ4n) is 1.71. The minimum atomic E-state index is -0.427. The number of fused-ring (bicyclic) bond motifs is 1. The number of ketones is 1. The van der Waals surface area contributed by atoms with E-state index in [0.717, 1.165) is 17.3 Å². The highest BCUT2D eigenvalue weighted by atomic mass is 32.2. The molecule has 0 aliphatic carbocycles. The summed E-state index contributed by atoms with van der Waals surface area (Å²) in [5.74, 6) is 2.14. The molecule has 21 heavy (non-hydrogen) atoms. The van der Waals surface area contributed by atoms with Crippen LogP contribution < -0.4 is 9.47 Å². The number of ether oxygens (including phenoxy) is 2. The van der Waals surface area contributed by atoms with E-state index < -0.39 is 5.30 Å². The molecule has 110 valence electrons. The number of rotatable bonds is 5. The second-order valence-electron chi connectivity index (χ2n) is 4.44. The molecule has 0 radical (unpaired) electrons. The van der Waals surface area contributed by atoms with E-state index in [4.69, 9.17) is 9.47 Å². The van der Waals surface area contributed by atoms with Gasteiger partial charge in [-0.05, 0) is 36.0 Å². The van der Waals surface area contributed by atoms with Crippen molar-refractivity contribution >= 4 is 28.9 Å². The lowest BCUT2D eigenvalue weighted by atomic mass is 10.1. The highest BCUT2D eigenvalue weighted by Gasteiger charge is 2.12. The molecule has 1 aliphatic rings. The molecule has 0 N–H and O–H groups in total. The summed E-state index contributed by atoms with van der Waals surface area (Å²) in [7, 11) is 0. The zero-order valence-corrected chi connectivity index (χ0v) is 12.6. The number of carbonyl (C=O) groups is 2. The fraction of sp³-hybridized carbons (Fsp3) is 0.250. The van der Waals surface area contributed by atoms with Crippen LogP contribution in [0.15, 0.2) is 36.6 Å². The summed E-state index contributed by atoms with van der Waals surface area (Å²) < 4.78 is 10.7. The van der Waals surface area contributed by atoms with Gasteiger partial charge in [-0.3, -0.25) is 4.79 Å². The average molecular weight is 304 g/mol. The first-order valence-corrected chi connectivity index (χ1v) is 7.62. The lowest BCUT2D eigenvalue weighted by molar-refractivity contribution is -0.118. The molecule has 4 nitrogen and oxygen atoms in total. The second kappa shape index (κ2) is 7.13. The Balaban J connectivity index is 1.90. The zero-order valence-electron chi connectivity index (χ0n) is 11.8. The van der Waals surface area contributed by atoms with Gasteiger partial charge in [-0.15, -0.1) is 0 Å². The smallest absolute Gasteiger partial charge is 0.372 e. The summed E-state index contributed by atoms with van der Waals surface area (Å²) in [6, 6.07) is 5.17. The van der Waals surface area contributed by atoms with E-state index in [0.29, 0.717) is 35.9 Å². The molecule has 0 fully saturated rings. The van der Waals surface area contributed by atoms with E-state index in [1.54, 1.807) is 25.1 Å². The standard InChI is InChI=1S/C16H16O4S/c1-3-13(17)8-9-21-16(18)20-14-7-6-12-5-4-11(2)19-15(12)10-14/h4-7,10H,2-3,8-9H2,1H3. The lowest BCUT2D eigenvalue weighted by Crippen LogP contribution is -2.05. The number of Topliss-reactive ketones (excluding diaryl/α,β-unsaturated/α-hetero) is 1. The summed E-state index contributed by atoms with van der Waals surface area (Å²) >= 11 is 0.999. The highest BCUT2D eigenvalue weighted by Crippen LogP contribution is 2.31. The maximum absolute atomic E-state index is 11.7. The Kier molecular flexibility index (Phi) is 5.22. The monoisotopic (exact) mass is 304 g/mol. The number of thioether (sulfide) groups is 1. The maximum Gasteiger partial charge on any atom is 0.372 e. The van der Waals surface area contributed by atoms with Crippen molar-refractivity contribution in [3.63, 3.8) is 0 Å². The topological polar surface area (TPSA) is 52.6 Å². The Labute approximate surface area is 127 Å². The van der Waals surface area contributed by atoms with E-state index >= 15 is 0 Å². The Hall–Kier alpha value is -2.01. The molecule has 0 atom stereocenters. The van der Waals surface area contributed by atoms with Crippen LogP contribution in [0.2, 0.25) is 0 Å².